The van der Waals surface area contributed by atoms with E-state index in [1.54, 1.807) is 20.3 Å². The van der Waals surface area contributed by atoms with Crippen molar-refractivity contribution in [1.82, 2.24) is 0 Å². The monoisotopic (exact) mass is 277 g/mol. The number of methoxy groups -OCH3 is 2. The Bertz CT molecular complexity index is 467. The molecule has 1 aromatic carbocycles. The van der Waals surface area contributed by atoms with E-state index in [1.165, 1.54) is 12.8 Å². The summed E-state index contributed by atoms with van der Waals surface area (Å²) in [6.45, 7) is 2.02. The lowest BCUT2D eigenvalue weighted by molar-refractivity contribution is -0.120. The first kappa shape index (κ1) is 14.7. The molecule has 0 aromatic heterocycles. The molecule has 0 spiro atoms. The number of carbonyl (C=O) groups is 1. The number of nitrogens with one attached hydrogen (secondary N) is 1. The third-order valence-electron chi connectivity index (χ3n) is 4.19. The fourth-order valence-corrected chi connectivity index (χ4v) is 2.82. The van der Waals surface area contributed by atoms with E-state index >= 15 is 0 Å². The summed E-state index contributed by atoms with van der Waals surface area (Å²) in [6, 6.07) is 5.41. The number of anilines is 1. The maximum absolute atomic E-state index is 12.3. The van der Waals surface area contributed by atoms with Crippen molar-refractivity contribution in [3.8, 4) is 11.5 Å². The molecule has 20 heavy (non-hydrogen) atoms. The summed E-state index contributed by atoms with van der Waals surface area (Å²) >= 11 is 0. The standard InChI is InChI=1S/C16H23NO3/c1-11(12-6-4-5-7-12)16(18)17-14-9-8-13(19-2)10-15(14)20-3/h8-12H,4-7H2,1-3H3,(H,17,18). The zero-order valence-corrected chi connectivity index (χ0v) is 12.4. The van der Waals surface area contributed by atoms with Gasteiger partial charge in [-0.1, -0.05) is 19.8 Å². The summed E-state index contributed by atoms with van der Waals surface area (Å²) < 4.78 is 10.5. The summed E-state index contributed by atoms with van der Waals surface area (Å²) in [5, 5.41) is 2.97. The molecule has 110 valence electrons. The van der Waals surface area contributed by atoms with Gasteiger partial charge in [0.05, 0.1) is 19.9 Å². The largest absolute Gasteiger partial charge is 0.497 e. The molecule has 1 unspecified atom stereocenters. The lowest BCUT2D eigenvalue weighted by Gasteiger charge is -2.19. The minimum atomic E-state index is 0.0457. The van der Waals surface area contributed by atoms with E-state index in [0.717, 1.165) is 12.8 Å². The molecule has 1 aliphatic carbocycles. The Labute approximate surface area is 120 Å². The van der Waals surface area contributed by atoms with Crippen LogP contribution in [0.5, 0.6) is 11.5 Å². The molecular weight excluding hydrogens is 254 g/mol. The van der Waals surface area contributed by atoms with Crippen molar-refractivity contribution in [1.29, 1.82) is 0 Å². The Morgan fingerprint density at radius 2 is 1.95 bits per heavy atom. The third kappa shape index (κ3) is 3.24. The lowest BCUT2D eigenvalue weighted by Crippen LogP contribution is -2.25. The van der Waals surface area contributed by atoms with Crippen LogP contribution in [-0.2, 0) is 4.79 Å². The third-order valence-corrected chi connectivity index (χ3v) is 4.19. The molecule has 4 heteroatoms. The van der Waals surface area contributed by atoms with E-state index in [-0.39, 0.29) is 11.8 Å². The molecule has 0 aliphatic heterocycles. The SMILES string of the molecule is COc1ccc(NC(=O)C(C)C2CCCC2)c(OC)c1. The van der Waals surface area contributed by atoms with Crippen LogP contribution in [0.2, 0.25) is 0 Å². The predicted molar refractivity (Wildman–Crippen MR) is 79.3 cm³/mol. The molecule has 1 amide bonds. The van der Waals surface area contributed by atoms with Crippen molar-refractivity contribution in [3.63, 3.8) is 0 Å². The van der Waals surface area contributed by atoms with Crippen molar-refractivity contribution in [2.45, 2.75) is 32.6 Å². The van der Waals surface area contributed by atoms with Crippen molar-refractivity contribution in [2.24, 2.45) is 11.8 Å². The summed E-state index contributed by atoms with van der Waals surface area (Å²) in [5.41, 5.74) is 0.697. The first-order chi connectivity index (χ1) is 9.65. The highest BCUT2D eigenvalue weighted by molar-refractivity contribution is 5.94. The van der Waals surface area contributed by atoms with Crippen molar-refractivity contribution in [3.05, 3.63) is 18.2 Å². The van der Waals surface area contributed by atoms with Crippen LogP contribution in [-0.4, -0.2) is 20.1 Å². The quantitative estimate of drug-likeness (QED) is 0.896. The van der Waals surface area contributed by atoms with E-state index in [9.17, 15) is 4.79 Å². The maximum Gasteiger partial charge on any atom is 0.227 e. The molecule has 1 N–H and O–H groups in total. The van der Waals surface area contributed by atoms with Crippen LogP contribution in [0.15, 0.2) is 18.2 Å². The zero-order valence-electron chi connectivity index (χ0n) is 12.4. The van der Waals surface area contributed by atoms with Crippen LogP contribution in [0.25, 0.3) is 0 Å². The number of carbonyl (C=O) groups excluding carboxylic acids is 1. The Morgan fingerprint density at radius 3 is 2.55 bits per heavy atom. The fraction of sp³-hybridized carbons (Fsp3) is 0.562. The van der Waals surface area contributed by atoms with Crippen molar-refractivity contribution < 1.29 is 14.3 Å². The first-order valence-electron chi connectivity index (χ1n) is 7.18. The van der Waals surface area contributed by atoms with Gasteiger partial charge < -0.3 is 14.8 Å². The van der Waals surface area contributed by atoms with Crippen LogP contribution in [0.4, 0.5) is 5.69 Å². The average molecular weight is 277 g/mol. The Balaban J connectivity index is 2.06. The van der Waals surface area contributed by atoms with E-state index in [2.05, 4.69) is 5.32 Å². The smallest absolute Gasteiger partial charge is 0.227 e. The summed E-state index contributed by atoms with van der Waals surface area (Å²) in [5.74, 6) is 1.96. The number of ether oxygens (including phenoxy) is 2. The molecule has 1 aromatic rings. The molecule has 0 saturated heterocycles. The molecule has 2 rings (SSSR count). The highest BCUT2D eigenvalue weighted by Gasteiger charge is 2.27. The molecule has 1 fully saturated rings. The molecule has 1 aliphatic rings. The predicted octanol–water partition coefficient (Wildman–Crippen LogP) is 3.47. The molecule has 4 nitrogen and oxygen atoms in total. The fourth-order valence-electron chi connectivity index (χ4n) is 2.82. The Kier molecular flexibility index (Phi) is 4.88. The summed E-state index contributed by atoms with van der Waals surface area (Å²) in [6.07, 6.45) is 4.81. The second-order valence-corrected chi connectivity index (χ2v) is 5.39. The Morgan fingerprint density at radius 1 is 1.25 bits per heavy atom. The molecule has 0 heterocycles. The summed E-state index contributed by atoms with van der Waals surface area (Å²) in [4.78, 5) is 12.3. The minimum Gasteiger partial charge on any atom is -0.497 e. The van der Waals surface area contributed by atoms with Gasteiger partial charge in [0.2, 0.25) is 5.91 Å². The average Bonchev–Trinajstić information content (AvgIpc) is 3.00. The van der Waals surface area contributed by atoms with E-state index in [1.807, 2.05) is 19.1 Å². The van der Waals surface area contributed by atoms with Gasteiger partial charge in [-0.15, -0.1) is 0 Å². The van der Waals surface area contributed by atoms with Gasteiger partial charge in [0.1, 0.15) is 11.5 Å². The van der Waals surface area contributed by atoms with Gasteiger partial charge in [-0.05, 0) is 30.9 Å². The van der Waals surface area contributed by atoms with Crippen LogP contribution in [0, 0.1) is 11.8 Å². The highest BCUT2D eigenvalue weighted by atomic mass is 16.5. The van der Waals surface area contributed by atoms with E-state index < -0.39 is 0 Å². The summed E-state index contributed by atoms with van der Waals surface area (Å²) in [7, 11) is 3.19. The number of benzene rings is 1. The van der Waals surface area contributed by atoms with Gasteiger partial charge in [-0.2, -0.15) is 0 Å². The van der Waals surface area contributed by atoms with E-state index in [4.69, 9.17) is 9.47 Å². The van der Waals surface area contributed by atoms with Gasteiger partial charge in [-0.25, -0.2) is 0 Å². The van der Waals surface area contributed by atoms with Gasteiger partial charge in [0.15, 0.2) is 0 Å². The van der Waals surface area contributed by atoms with Crippen LogP contribution >= 0.6 is 0 Å². The normalized spacial score (nSPS) is 16.8. The van der Waals surface area contributed by atoms with Crippen molar-refractivity contribution in [2.75, 3.05) is 19.5 Å². The molecular formula is C16H23NO3. The second-order valence-electron chi connectivity index (χ2n) is 5.39. The number of hydrogen-bond acceptors (Lipinski definition) is 3. The number of hydrogen-bond donors (Lipinski definition) is 1. The topological polar surface area (TPSA) is 47.6 Å². The minimum absolute atomic E-state index is 0.0457. The van der Waals surface area contributed by atoms with Crippen LogP contribution in [0.1, 0.15) is 32.6 Å². The Hall–Kier alpha value is -1.71. The van der Waals surface area contributed by atoms with E-state index in [0.29, 0.717) is 23.1 Å². The van der Waals surface area contributed by atoms with Crippen molar-refractivity contribution >= 4 is 11.6 Å². The van der Waals surface area contributed by atoms with Gasteiger partial charge in [0, 0.05) is 12.0 Å². The van der Waals surface area contributed by atoms with Crippen LogP contribution < -0.4 is 14.8 Å². The lowest BCUT2D eigenvalue weighted by atomic mass is 9.92. The molecule has 0 radical (unpaired) electrons. The zero-order chi connectivity index (χ0) is 14.5. The molecule has 0 bridgehead atoms. The molecule has 1 atom stereocenters. The highest BCUT2D eigenvalue weighted by Crippen LogP contribution is 2.33. The second kappa shape index (κ2) is 6.64. The van der Waals surface area contributed by atoms with Gasteiger partial charge in [0.25, 0.3) is 0 Å². The maximum atomic E-state index is 12.3. The van der Waals surface area contributed by atoms with Gasteiger partial charge >= 0.3 is 0 Å². The van der Waals surface area contributed by atoms with Crippen LogP contribution in [0.3, 0.4) is 0 Å². The first-order valence-corrected chi connectivity index (χ1v) is 7.18. The number of amides is 1. The molecule has 1 saturated carbocycles. The number of rotatable bonds is 5. The van der Waals surface area contributed by atoms with Gasteiger partial charge in [-0.3, -0.25) is 4.79 Å².